The summed E-state index contributed by atoms with van der Waals surface area (Å²) in [7, 11) is 1.75. The smallest absolute Gasteiger partial charge is 0.125 e. The number of ether oxygens (including phenoxy) is 1. The molecule has 4 heteroatoms. The summed E-state index contributed by atoms with van der Waals surface area (Å²) in [5, 5.41) is 3.37. The third-order valence-corrected chi connectivity index (χ3v) is 4.25. The number of benzene rings is 1. The Hall–Kier alpha value is -2.07. The van der Waals surface area contributed by atoms with Gasteiger partial charge in [0.25, 0.3) is 0 Å². The van der Waals surface area contributed by atoms with Crippen LogP contribution in [0.1, 0.15) is 17.9 Å². The number of aromatic nitrogens is 1. The van der Waals surface area contributed by atoms with E-state index in [9.17, 15) is 0 Å². The van der Waals surface area contributed by atoms with E-state index in [1.54, 1.807) is 7.11 Å². The largest absolute Gasteiger partial charge is 0.496 e. The minimum atomic E-state index is 0.575. The van der Waals surface area contributed by atoms with E-state index in [1.807, 2.05) is 30.5 Å². The first-order chi connectivity index (χ1) is 10.9. The van der Waals surface area contributed by atoms with Crippen molar-refractivity contribution in [1.82, 2.24) is 9.88 Å². The van der Waals surface area contributed by atoms with Crippen molar-refractivity contribution in [2.24, 2.45) is 0 Å². The molecule has 0 spiro atoms. The van der Waals surface area contributed by atoms with Crippen molar-refractivity contribution in [1.29, 1.82) is 0 Å². The van der Waals surface area contributed by atoms with Gasteiger partial charge in [-0.05, 0) is 36.7 Å². The van der Waals surface area contributed by atoms with Crippen LogP contribution in [0, 0.1) is 0 Å². The molecule has 0 saturated carbocycles. The van der Waals surface area contributed by atoms with Gasteiger partial charge in [-0.1, -0.05) is 24.3 Å². The van der Waals surface area contributed by atoms with Crippen molar-refractivity contribution < 1.29 is 4.74 Å². The molecule has 0 bridgehead atoms. The first kappa shape index (κ1) is 14.9. The SMILES string of the molecule is COc1ccccc1C1CCN(CCNc2ccccn2)C1. The Morgan fingerprint density at radius 3 is 2.91 bits per heavy atom. The third kappa shape index (κ3) is 3.57. The van der Waals surface area contributed by atoms with Crippen LogP contribution in [0.5, 0.6) is 5.75 Å². The molecular weight excluding hydrogens is 274 g/mol. The van der Waals surface area contributed by atoms with Crippen LogP contribution in [0.4, 0.5) is 5.82 Å². The lowest BCUT2D eigenvalue weighted by atomic mass is 9.97. The van der Waals surface area contributed by atoms with Crippen molar-refractivity contribution >= 4 is 5.82 Å². The standard InChI is InChI=1S/C18H23N3O/c1-22-17-7-3-2-6-16(17)15-9-12-21(14-15)13-11-20-18-8-4-5-10-19-18/h2-8,10,15H,9,11-14H2,1H3,(H,19,20). The van der Waals surface area contributed by atoms with Crippen LogP contribution < -0.4 is 10.1 Å². The summed E-state index contributed by atoms with van der Waals surface area (Å²) in [6.07, 6.45) is 3.01. The summed E-state index contributed by atoms with van der Waals surface area (Å²) < 4.78 is 5.49. The molecule has 3 rings (SSSR count). The number of anilines is 1. The maximum Gasteiger partial charge on any atom is 0.125 e. The van der Waals surface area contributed by atoms with Crippen molar-refractivity contribution in [2.45, 2.75) is 12.3 Å². The molecular formula is C18H23N3O. The number of likely N-dealkylation sites (tertiary alicyclic amines) is 1. The highest BCUT2D eigenvalue weighted by Gasteiger charge is 2.25. The number of methoxy groups -OCH3 is 1. The first-order valence-corrected chi connectivity index (χ1v) is 7.87. The highest BCUT2D eigenvalue weighted by atomic mass is 16.5. The third-order valence-electron chi connectivity index (χ3n) is 4.25. The average Bonchev–Trinajstić information content (AvgIpc) is 3.04. The molecule has 0 radical (unpaired) electrons. The van der Waals surface area contributed by atoms with E-state index >= 15 is 0 Å². The minimum absolute atomic E-state index is 0.575. The Morgan fingerprint density at radius 2 is 2.09 bits per heavy atom. The summed E-state index contributed by atoms with van der Waals surface area (Å²) in [5.41, 5.74) is 1.34. The lowest BCUT2D eigenvalue weighted by Gasteiger charge is -2.18. The molecule has 1 aromatic carbocycles. The zero-order valence-electron chi connectivity index (χ0n) is 13.0. The maximum atomic E-state index is 5.49. The van der Waals surface area contributed by atoms with E-state index in [1.165, 1.54) is 12.0 Å². The second-order valence-corrected chi connectivity index (χ2v) is 5.67. The lowest BCUT2D eigenvalue weighted by molar-refractivity contribution is 0.345. The molecule has 22 heavy (non-hydrogen) atoms. The average molecular weight is 297 g/mol. The number of hydrogen-bond acceptors (Lipinski definition) is 4. The molecule has 1 aromatic heterocycles. The van der Waals surface area contributed by atoms with E-state index in [-0.39, 0.29) is 0 Å². The Labute approximate surface area is 132 Å². The van der Waals surface area contributed by atoms with E-state index in [4.69, 9.17) is 4.74 Å². The lowest BCUT2D eigenvalue weighted by Crippen LogP contribution is -2.27. The summed E-state index contributed by atoms with van der Waals surface area (Å²) >= 11 is 0. The fourth-order valence-electron chi connectivity index (χ4n) is 3.10. The molecule has 1 saturated heterocycles. The highest BCUT2D eigenvalue weighted by Crippen LogP contribution is 2.33. The predicted molar refractivity (Wildman–Crippen MR) is 89.5 cm³/mol. The minimum Gasteiger partial charge on any atom is -0.496 e. The van der Waals surface area contributed by atoms with Gasteiger partial charge in [-0.25, -0.2) is 4.98 Å². The van der Waals surface area contributed by atoms with Gasteiger partial charge in [-0.15, -0.1) is 0 Å². The fourth-order valence-corrected chi connectivity index (χ4v) is 3.10. The molecule has 116 valence electrons. The molecule has 1 aliphatic rings. The van der Waals surface area contributed by atoms with Crippen molar-refractivity contribution in [3.8, 4) is 5.75 Å². The van der Waals surface area contributed by atoms with Gasteiger partial charge in [0.05, 0.1) is 7.11 Å². The quantitative estimate of drug-likeness (QED) is 0.889. The monoisotopic (exact) mass is 297 g/mol. The van der Waals surface area contributed by atoms with Gasteiger partial charge < -0.3 is 15.0 Å². The normalized spacial score (nSPS) is 18.3. The van der Waals surface area contributed by atoms with Crippen LogP contribution in [0.3, 0.4) is 0 Å². The molecule has 4 nitrogen and oxygen atoms in total. The summed E-state index contributed by atoms with van der Waals surface area (Å²) in [6, 6.07) is 14.3. The van der Waals surface area contributed by atoms with Gasteiger partial charge in [0.1, 0.15) is 11.6 Å². The van der Waals surface area contributed by atoms with Gasteiger partial charge in [-0.2, -0.15) is 0 Å². The number of nitrogens with one attached hydrogen (secondary N) is 1. The van der Waals surface area contributed by atoms with Crippen molar-refractivity contribution in [3.05, 3.63) is 54.2 Å². The molecule has 2 aromatic rings. The molecule has 0 amide bonds. The first-order valence-electron chi connectivity index (χ1n) is 7.87. The van der Waals surface area contributed by atoms with E-state index in [0.717, 1.165) is 37.7 Å². The van der Waals surface area contributed by atoms with E-state index in [0.29, 0.717) is 5.92 Å². The number of para-hydroxylation sites is 1. The Kier molecular flexibility index (Phi) is 4.91. The van der Waals surface area contributed by atoms with E-state index in [2.05, 4.69) is 33.4 Å². The Bertz CT molecular complexity index is 588. The van der Waals surface area contributed by atoms with Gasteiger partial charge in [0.2, 0.25) is 0 Å². The van der Waals surface area contributed by atoms with Crippen LogP contribution in [0.25, 0.3) is 0 Å². The highest BCUT2D eigenvalue weighted by molar-refractivity contribution is 5.37. The number of hydrogen-bond donors (Lipinski definition) is 1. The zero-order valence-corrected chi connectivity index (χ0v) is 13.0. The summed E-state index contributed by atoms with van der Waals surface area (Å²) in [6.45, 7) is 4.22. The van der Waals surface area contributed by atoms with Crippen LogP contribution in [0.15, 0.2) is 48.7 Å². The molecule has 1 N–H and O–H groups in total. The summed E-state index contributed by atoms with van der Waals surface area (Å²) in [5.74, 6) is 2.54. The number of pyridine rings is 1. The molecule has 0 aliphatic carbocycles. The van der Waals surface area contributed by atoms with Crippen molar-refractivity contribution in [3.63, 3.8) is 0 Å². The number of rotatable bonds is 6. The molecule has 1 unspecified atom stereocenters. The maximum absolute atomic E-state index is 5.49. The Balaban J connectivity index is 1.50. The van der Waals surface area contributed by atoms with E-state index < -0.39 is 0 Å². The molecule has 1 fully saturated rings. The van der Waals surface area contributed by atoms with Gasteiger partial charge in [-0.3, -0.25) is 0 Å². The fraction of sp³-hybridized carbons (Fsp3) is 0.389. The van der Waals surface area contributed by atoms with Gasteiger partial charge in [0.15, 0.2) is 0 Å². The molecule has 1 atom stereocenters. The van der Waals surface area contributed by atoms with Crippen molar-refractivity contribution in [2.75, 3.05) is 38.6 Å². The number of nitrogens with zero attached hydrogens (tertiary/aromatic N) is 2. The van der Waals surface area contributed by atoms with Gasteiger partial charge >= 0.3 is 0 Å². The Morgan fingerprint density at radius 1 is 1.23 bits per heavy atom. The second-order valence-electron chi connectivity index (χ2n) is 5.67. The van der Waals surface area contributed by atoms with Crippen LogP contribution in [0.2, 0.25) is 0 Å². The predicted octanol–water partition coefficient (Wildman–Crippen LogP) is 2.99. The topological polar surface area (TPSA) is 37.4 Å². The van der Waals surface area contributed by atoms with Gasteiger partial charge in [0, 0.05) is 31.7 Å². The molecule has 1 aliphatic heterocycles. The van der Waals surface area contributed by atoms with Crippen LogP contribution >= 0.6 is 0 Å². The molecule has 2 heterocycles. The summed E-state index contributed by atoms with van der Waals surface area (Å²) in [4.78, 5) is 6.79. The second kappa shape index (κ2) is 7.27. The van der Waals surface area contributed by atoms with Crippen LogP contribution in [-0.2, 0) is 0 Å². The van der Waals surface area contributed by atoms with Crippen LogP contribution in [-0.4, -0.2) is 43.2 Å². The zero-order chi connectivity index (χ0) is 15.2.